The van der Waals surface area contributed by atoms with E-state index in [-0.39, 0.29) is 10.7 Å². The van der Waals surface area contributed by atoms with Crippen molar-refractivity contribution in [3.05, 3.63) is 64.4 Å². The summed E-state index contributed by atoms with van der Waals surface area (Å²) in [6, 6.07) is 15.6. The maximum absolute atomic E-state index is 12.7. The Hall–Kier alpha value is -1.83. The van der Waals surface area contributed by atoms with E-state index in [1.807, 2.05) is 30.3 Å². The van der Waals surface area contributed by atoms with Crippen molar-refractivity contribution in [3.8, 4) is 0 Å². The summed E-state index contributed by atoms with van der Waals surface area (Å²) in [6.07, 6.45) is 0. The summed E-state index contributed by atoms with van der Waals surface area (Å²) in [6.45, 7) is 3.27. The molecule has 0 unspecified atom stereocenters. The van der Waals surface area contributed by atoms with Gasteiger partial charge in [0.25, 0.3) is 0 Å². The summed E-state index contributed by atoms with van der Waals surface area (Å²) in [5.41, 5.74) is 2.44. The number of hydrogen-bond donors (Lipinski definition) is 1. The van der Waals surface area contributed by atoms with Gasteiger partial charge in [-0.05, 0) is 43.3 Å². The van der Waals surface area contributed by atoms with E-state index < -0.39 is 10.0 Å². The van der Waals surface area contributed by atoms with Gasteiger partial charge in [0.15, 0.2) is 5.84 Å². The molecule has 0 amide bonds. The van der Waals surface area contributed by atoms with Gasteiger partial charge in [-0.3, -0.25) is 5.41 Å². The summed E-state index contributed by atoms with van der Waals surface area (Å²) in [4.78, 5) is 0.203. The molecule has 189 valence electrons. The van der Waals surface area contributed by atoms with Gasteiger partial charge in [-0.25, -0.2) is 13.4 Å². The zero-order chi connectivity index (χ0) is 25.4. The molecule has 0 aliphatic carbocycles. The van der Waals surface area contributed by atoms with Crippen molar-refractivity contribution in [2.24, 2.45) is 14.7 Å². The second-order valence-corrected chi connectivity index (χ2v) is 10.5. The van der Waals surface area contributed by atoms with Gasteiger partial charge in [-0.1, -0.05) is 18.2 Å². The fourth-order valence-corrected chi connectivity index (χ4v) is 5.60. The number of para-hydroxylation sites is 1. The first kappa shape index (κ1) is 27.8. The number of nitrogens with one attached hydrogen (secondary N) is 1. The summed E-state index contributed by atoms with van der Waals surface area (Å²) in [5.74, 6) is 0.184. The Balaban J connectivity index is 0.00000167. The number of hydrazone groups is 1. The second-order valence-electron chi connectivity index (χ2n) is 7.13. The molecule has 0 spiro atoms. The normalized spacial score (nSPS) is 18.3. The topological polar surface area (TPSA) is 111 Å². The van der Waals surface area contributed by atoms with Crippen molar-refractivity contribution in [1.29, 1.82) is 5.41 Å². The number of hydrogen-bond acceptors (Lipinski definition) is 9. The predicted octanol–water partition coefficient (Wildman–Crippen LogP) is 4.76. The number of sulfonamides is 1. The first-order valence-electron chi connectivity index (χ1n) is 10.2. The summed E-state index contributed by atoms with van der Waals surface area (Å²) in [5, 5.41) is 18.5. The van der Waals surface area contributed by atoms with Crippen LogP contribution in [0, 0.1) is 5.41 Å². The molecule has 2 aromatic carbocycles. The number of halogens is 1. The fourth-order valence-electron chi connectivity index (χ4n) is 3.30. The van der Waals surface area contributed by atoms with E-state index in [1.54, 1.807) is 19.1 Å². The molecule has 1 fully saturated rings. The van der Waals surface area contributed by atoms with Crippen LogP contribution in [0.25, 0.3) is 0 Å². The zero-order valence-electron chi connectivity index (χ0n) is 18.4. The Morgan fingerprint density at radius 1 is 1.14 bits per heavy atom. The SMILES string of the molecule is CC1=NN(c2ccccc2)C(=N)/C1=C(/[S-])SN=Nc1ccc(S(=O)(=O)N2CCOCC2)cc1.[Cl][Cu+]. The first-order chi connectivity index (χ1) is 16.9. The van der Waals surface area contributed by atoms with Crippen LogP contribution in [0.5, 0.6) is 0 Å². The predicted molar refractivity (Wildman–Crippen MR) is 138 cm³/mol. The van der Waals surface area contributed by atoms with Crippen LogP contribution in [-0.2, 0) is 42.5 Å². The van der Waals surface area contributed by atoms with E-state index in [0.29, 0.717) is 47.5 Å². The van der Waals surface area contributed by atoms with Crippen molar-refractivity contribution >= 4 is 67.6 Å². The van der Waals surface area contributed by atoms with Crippen molar-refractivity contribution in [1.82, 2.24) is 4.31 Å². The van der Waals surface area contributed by atoms with Crippen LogP contribution in [0.4, 0.5) is 11.4 Å². The van der Waals surface area contributed by atoms with Crippen molar-refractivity contribution in [2.75, 3.05) is 31.3 Å². The molecule has 2 aliphatic rings. The fraction of sp³-hybridized carbons (Fsp3) is 0.238. The minimum absolute atomic E-state index is 0.184. The van der Waals surface area contributed by atoms with Gasteiger partial charge in [-0.2, -0.15) is 9.41 Å². The van der Waals surface area contributed by atoms with Crippen molar-refractivity contribution in [3.63, 3.8) is 0 Å². The Bertz CT molecular complexity index is 1230. The Labute approximate surface area is 226 Å². The van der Waals surface area contributed by atoms with Crippen LogP contribution in [0.2, 0.25) is 0 Å². The molecule has 35 heavy (non-hydrogen) atoms. The molecule has 0 atom stereocenters. The van der Waals surface area contributed by atoms with Crippen LogP contribution >= 0.6 is 22.0 Å². The molecular formula is C21H21ClCuN6O3S3. The van der Waals surface area contributed by atoms with E-state index in [4.69, 9.17) is 22.8 Å². The Kier molecular flexibility index (Phi) is 10.3. The number of amidine groups is 1. The van der Waals surface area contributed by atoms with E-state index >= 15 is 0 Å². The van der Waals surface area contributed by atoms with Gasteiger partial charge in [0.05, 0.1) is 35.2 Å². The van der Waals surface area contributed by atoms with E-state index in [0.717, 1.165) is 17.6 Å². The average molecular weight is 601 g/mol. The Morgan fingerprint density at radius 2 is 1.77 bits per heavy atom. The van der Waals surface area contributed by atoms with Gasteiger partial charge in [-0.15, -0.1) is 13.9 Å². The number of nitrogens with zero attached hydrogens (tertiary/aromatic N) is 5. The molecule has 14 heteroatoms. The van der Waals surface area contributed by atoms with Crippen molar-refractivity contribution in [2.45, 2.75) is 11.8 Å². The van der Waals surface area contributed by atoms with Crippen LogP contribution in [0.15, 0.2) is 84.0 Å². The van der Waals surface area contributed by atoms with E-state index in [9.17, 15) is 8.42 Å². The molecule has 0 radical (unpaired) electrons. The van der Waals surface area contributed by atoms with Gasteiger partial charge in [0.1, 0.15) is 0 Å². The summed E-state index contributed by atoms with van der Waals surface area (Å²) >= 11 is 10.1. The number of morpholine rings is 1. The number of rotatable bonds is 6. The molecule has 2 aliphatic heterocycles. The van der Waals surface area contributed by atoms with Crippen LogP contribution < -0.4 is 5.01 Å². The van der Waals surface area contributed by atoms with E-state index in [1.165, 1.54) is 21.4 Å². The van der Waals surface area contributed by atoms with Gasteiger partial charge in [0.2, 0.25) is 10.0 Å². The van der Waals surface area contributed by atoms with Gasteiger partial charge in [0, 0.05) is 30.6 Å². The van der Waals surface area contributed by atoms with E-state index in [2.05, 4.69) is 39.9 Å². The molecule has 0 saturated carbocycles. The van der Waals surface area contributed by atoms with Gasteiger partial charge >= 0.3 is 25.2 Å². The molecular weight excluding hydrogens is 579 g/mol. The molecule has 2 heterocycles. The summed E-state index contributed by atoms with van der Waals surface area (Å²) < 4.78 is 36.5. The Morgan fingerprint density at radius 3 is 2.40 bits per heavy atom. The molecule has 1 N–H and O–H groups in total. The van der Waals surface area contributed by atoms with Gasteiger partial charge < -0.3 is 17.4 Å². The first-order valence-corrected chi connectivity index (χ1v) is 14.1. The van der Waals surface area contributed by atoms with Crippen LogP contribution in [0.3, 0.4) is 0 Å². The van der Waals surface area contributed by atoms with Crippen molar-refractivity contribution < 1.29 is 28.3 Å². The molecule has 0 aromatic heterocycles. The molecule has 0 bridgehead atoms. The molecule has 1 saturated heterocycles. The minimum atomic E-state index is -3.55. The third-order valence-electron chi connectivity index (χ3n) is 4.99. The zero-order valence-corrected chi connectivity index (χ0v) is 22.5. The summed E-state index contributed by atoms with van der Waals surface area (Å²) in [7, 11) is 0.647. The number of ether oxygens (including phenoxy) is 1. The third kappa shape index (κ3) is 6.69. The quantitative estimate of drug-likeness (QED) is 0.222. The molecule has 2 aromatic rings. The molecule has 9 nitrogen and oxygen atoms in total. The maximum atomic E-state index is 12.7. The second kappa shape index (κ2) is 12.9. The standard InChI is InChI=1S/C21H22N6O3S3.ClH.Cu/c1-15-19(20(22)27(24-15)17-5-3-2-4-6-17)21(31)32-25-23-16-7-9-18(10-8-16)33(28,29)26-11-13-30-14-12-26;;/h2-10,22,31H,11-14H2,1H3;1H;/q;;+2/p-2/b21-19-,22-20?,25-23?;;. The van der Waals surface area contributed by atoms with Crippen LogP contribution in [-0.4, -0.2) is 50.6 Å². The number of anilines is 1. The monoisotopic (exact) mass is 599 g/mol. The average Bonchev–Trinajstić information content (AvgIpc) is 3.20. The molecule has 4 rings (SSSR count). The third-order valence-corrected chi connectivity index (χ3v) is 7.86. The number of benzene rings is 2. The van der Waals surface area contributed by atoms with Crippen LogP contribution in [0.1, 0.15) is 6.92 Å².